The standard InChI is InChI=1S/C14H17Cl2IN2O2/c15-10-8-11(13(17)12(16)9-10)14(21)19-3-1-2-18(4-5-19)6-7-20/h8-9,20H,1-7H2. The molecule has 1 amide bonds. The molecule has 1 heterocycles. The van der Waals surface area contributed by atoms with Gasteiger partial charge in [-0.1, -0.05) is 23.2 Å². The summed E-state index contributed by atoms with van der Waals surface area (Å²) in [4.78, 5) is 16.7. The Morgan fingerprint density at radius 1 is 1.24 bits per heavy atom. The minimum atomic E-state index is -0.0327. The number of hydrogen-bond acceptors (Lipinski definition) is 3. The minimum absolute atomic E-state index is 0.0327. The third kappa shape index (κ3) is 4.45. The number of aliphatic hydroxyl groups is 1. The highest BCUT2D eigenvalue weighted by Gasteiger charge is 2.23. The molecule has 1 fully saturated rings. The van der Waals surface area contributed by atoms with Gasteiger partial charge >= 0.3 is 0 Å². The summed E-state index contributed by atoms with van der Waals surface area (Å²) >= 11 is 14.2. The molecule has 0 saturated carbocycles. The Morgan fingerprint density at radius 3 is 2.71 bits per heavy atom. The van der Waals surface area contributed by atoms with Crippen LogP contribution in [0.5, 0.6) is 0 Å². The molecule has 0 spiro atoms. The molecule has 116 valence electrons. The van der Waals surface area contributed by atoms with Gasteiger partial charge in [-0.25, -0.2) is 0 Å². The summed E-state index contributed by atoms with van der Waals surface area (Å²) < 4.78 is 0.736. The Bertz CT molecular complexity index is 528. The quantitative estimate of drug-likeness (QED) is 0.578. The maximum Gasteiger partial charge on any atom is 0.255 e. The van der Waals surface area contributed by atoms with Gasteiger partial charge in [0.05, 0.1) is 17.2 Å². The first kappa shape index (κ1) is 17.3. The fraction of sp³-hybridized carbons (Fsp3) is 0.500. The average Bonchev–Trinajstić information content (AvgIpc) is 2.68. The fourth-order valence-electron chi connectivity index (χ4n) is 2.42. The minimum Gasteiger partial charge on any atom is -0.395 e. The van der Waals surface area contributed by atoms with Gasteiger partial charge in [0.15, 0.2) is 0 Å². The lowest BCUT2D eigenvalue weighted by molar-refractivity contribution is 0.0759. The van der Waals surface area contributed by atoms with E-state index in [2.05, 4.69) is 27.5 Å². The molecule has 21 heavy (non-hydrogen) atoms. The molecule has 7 heteroatoms. The van der Waals surface area contributed by atoms with E-state index in [0.29, 0.717) is 35.2 Å². The van der Waals surface area contributed by atoms with Crippen molar-refractivity contribution in [1.29, 1.82) is 0 Å². The van der Waals surface area contributed by atoms with E-state index in [1.165, 1.54) is 0 Å². The third-order valence-electron chi connectivity index (χ3n) is 3.52. The largest absolute Gasteiger partial charge is 0.395 e. The van der Waals surface area contributed by atoms with E-state index in [4.69, 9.17) is 28.3 Å². The Balaban J connectivity index is 2.13. The second kappa shape index (κ2) is 7.97. The van der Waals surface area contributed by atoms with Crippen molar-refractivity contribution in [2.45, 2.75) is 6.42 Å². The van der Waals surface area contributed by atoms with Gasteiger partial charge in [0.2, 0.25) is 0 Å². The lowest BCUT2D eigenvalue weighted by Crippen LogP contribution is -2.36. The lowest BCUT2D eigenvalue weighted by atomic mass is 10.2. The van der Waals surface area contributed by atoms with Crippen LogP contribution < -0.4 is 0 Å². The molecule has 4 nitrogen and oxygen atoms in total. The van der Waals surface area contributed by atoms with Gasteiger partial charge in [0.1, 0.15) is 0 Å². The van der Waals surface area contributed by atoms with Crippen LogP contribution >= 0.6 is 45.8 Å². The molecule has 2 rings (SSSR count). The van der Waals surface area contributed by atoms with Crippen LogP contribution in [-0.4, -0.2) is 60.1 Å². The number of halogens is 3. The van der Waals surface area contributed by atoms with Crippen LogP contribution in [0.1, 0.15) is 16.8 Å². The molecule has 0 aromatic heterocycles. The predicted molar refractivity (Wildman–Crippen MR) is 93.2 cm³/mol. The third-order valence-corrected chi connectivity index (χ3v) is 5.51. The average molecular weight is 443 g/mol. The number of nitrogens with zero attached hydrogens (tertiary/aromatic N) is 2. The molecule has 0 radical (unpaired) electrons. The van der Waals surface area contributed by atoms with E-state index in [9.17, 15) is 4.79 Å². The van der Waals surface area contributed by atoms with Gasteiger partial charge in [-0.2, -0.15) is 0 Å². The zero-order valence-electron chi connectivity index (χ0n) is 11.5. The van der Waals surface area contributed by atoms with Gasteiger partial charge in [0, 0.05) is 34.8 Å². The zero-order valence-corrected chi connectivity index (χ0v) is 15.2. The van der Waals surface area contributed by atoms with Crippen molar-refractivity contribution < 1.29 is 9.90 Å². The van der Waals surface area contributed by atoms with Gasteiger partial charge in [-0.3, -0.25) is 9.69 Å². The normalized spacial score (nSPS) is 16.9. The first-order valence-corrected chi connectivity index (χ1v) is 8.63. The van der Waals surface area contributed by atoms with E-state index in [1.807, 2.05) is 4.90 Å². The van der Waals surface area contributed by atoms with E-state index < -0.39 is 0 Å². The molecule has 1 aliphatic rings. The fourth-order valence-corrected chi connectivity index (χ4v) is 3.46. The maximum atomic E-state index is 12.7. The van der Waals surface area contributed by atoms with E-state index >= 15 is 0 Å². The van der Waals surface area contributed by atoms with Gasteiger partial charge in [-0.05, 0) is 47.7 Å². The van der Waals surface area contributed by atoms with Crippen molar-refractivity contribution in [3.8, 4) is 0 Å². The molecule has 0 aliphatic carbocycles. The number of aliphatic hydroxyl groups excluding tert-OH is 1. The molecule has 0 bridgehead atoms. The molecular formula is C14H17Cl2IN2O2. The number of carbonyl (C=O) groups is 1. The summed E-state index contributed by atoms with van der Waals surface area (Å²) in [6.45, 7) is 3.84. The second-order valence-corrected chi connectivity index (χ2v) is 6.88. The van der Waals surface area contributed by atoms with Crippen molar-refractivity contribution in [2.24, 2.45) is 0 Å². The summed E-state index contributed by atoms with van der Waals surface area (Å²) in [5, 5.41) is 9.98. The molecule has 1 aromatic carbocycles. The summed E-state index contributed by atoms with van der Waals surface area (Å²) in [7, 11) is 0. The Labute approximate surface area is 148 Å². The second-order valence-electron chi connectivity index (χ2n) is 4.96. The maximum absolute atomic E-state index is 12.7. The van der Waals surface area contributed by atoms with Gasteiger partial charge in [-0.15, -0.1) is 0 Å². The highest BCUT2D eigenvalue weighted by molar-refractivity contribution is 14.1. The molecule has 1 aromatic rings. The van der Waals surface area contributed by atoms with Crippen molar-refractivity contribution in [3.63, 3.8) is 0 Å². The first-order valence-electron chi connectivity index (χ1n) is 6.80. The molecule has 0 atom stereocenters. The zero-order chi connectivity index (χ0) is 15.4. The number of amides is 1. The molecule has 1 aliphatic heterocycles. The summed E-state index contributed by atoms with van der Waals surface area (Å²) in [6, 6.07) is 3.32. The highest BCUT2D eigenvalue weighted by Crippen LogP contribution is 2.28. The van der Waals surface area contributed by atoms with Crippen molar-refractivity contribution in [2.75, 3.05) is 39.3 Å². The van der Waals surface area contributed by atoms with Crippen LogP contribution in [-0.2, 0) is 0 Å². The van der Waals surface area contributed by atoms with Crippen molar-refractivity contribution >= 4 is 51.7 Å². The van der Waals surface area contributed by atoms with Crippen LogP contribution in [0.15, 0.2) is 12.1 Å². The van der Waals surface area contributed by atoms with E-state index in [1.54, 1.807) is 12.1 Å². The number of carbonyl (C=O) groups excluding carboxylic acids is 1. The van der Waals surface area contributed by atoms with Gasteiger partial charge in [0.25, 0.3) is 5.91 Å². The number of benzene rings is 1. The highest BCUT2D eigenvalue weighted by atomic mass is 127. The van der Waals surface area contributed by atoms with Crippen LogP contribution in [0.3, 0.4) is 0 Å². The van der Waals surface area contributed by atoms with Crippen LogP contribution in [0, 0.1) is 3.57 Å². The van der Waals surface area contributed by atoms with Crippen LogP contribution in [0.4, 0.5) is 0 Å². The summed E-state index contributed by atoms with van der Waals surface area (Å²) in [5.41, 5.74) is 0.559. The van der Waals surface area contributed by atoms with E-state index in [-0.39, 0.29) is 12.5 Å². The summed E-state index contributed by atoms with van der Waals surface area (Å²) in [5.74, 6) is -0.0327. The Kier molecular flexibility index (Phi) is 6.55. The Morgan fingerprint density at radius 2 is 2.00 bits per heavy atom. The number of hydrogen-bond donors (Lipinski definition) is 1. The topological polar surface area (TPSA) is 43.8 Å². The van der Waals surface area contributed by atoms with Crippen molar-refractivity contribution in [1.82, 2.24) is 9.80 Å². The smallest absolute Gasteiger partial charge is 0.255 e. The predicted octanol–water partition coefficient (Wildman–Crippen LogP) is 2.74. The number of rotatable bonds is 3. The Hall–Kier alpha value is -0.0800. The monoisotopic (exact) mass is 442 g/mol. The first-order chi connectivity index (χ1) is 10.0. The van der Waals surface area contributed by atoms with Crippen molar-refractivity contribution in [3.05, 3.63) is 31.3 Å². The molecule has 1 saturated heterocycles. The SMILES string of the molecule is O=C(c1cc(Cl)cc(Cl)c1I)N1CCCN(CCO)CC1. The lowest BCUT2D eigenvalue weighted by Gasteiger charge is -2.22. The van der Waals surface area contributed by atoms with E-state index in [0.717, 1.165) is 23.1 Å². The van der Waals surface area contributed by atoms with Crippen LogP contribution in [0.2, 0.25) is 10.0 Å². The van der Waals surface area contributed by atoms with Crippen LogP contribution in [0.25, 0.3) is 0 Å². The molecule has 0 unspecified atom stereocenters. The molecule has 1 N–H and O–H groups in total. The molecular weight excluding hydrogens is 426 g/mol. The number of β-amino-alcohol motifs (C(OH)–C–C–N with tert-alkyl or cyclic N) is 1. The summed E-state index contributed by atoms with van der Waals surface area (Å²) in [6.07, 6.45) is 0.899. The van der Waals surface area contributed by atoms with Gasteiger partial charge < -0.3 is 10.0 Å².